The van der Waals surface area contributed by atoms with E-state index in [-0.39, 0.29) is 5.41 Å². The van der Waals surface area contributed by atoms with Crippen LogP contribution in [0, 0.1) is 5.41 Å². The van der Waals surface area contributed by atoms with Gasteiger partial charge in [-0.25, -0.2) is 0 Å². The van der Waals surface area contributed by atoms with Crippen molar-refractivity contribution < 1.29 is 18.9 Å². The SMILES string of the molecule is COCCCOCCOCC1(CS)CCOCC1. The van der Waals surface area contributed by atoms with Crippen LogP contribution in [0.3, 0.4) is 0 Å². The maximum atomic E-state index is 5.71. The van der Waals surface area contributed by atoms with Gasteiger partial charge in [0.25, 0.3) is 0 Å². The molecule has 1 heterocycles. The Balaban J connectivity index is 1.98. The molecule has 0 bridgehead atoms. The lowest BCUT2D eigenvalue weighted by Crippen LogP contribution is -2.36. The molecule has 0 aromatic rings. The van der Waals surface area contributed by atoms with Crippen molar-refractivity contribution in [3.63, 3.8) is 0 Å². The van der Waals surface area contributed by atoms with Crippen LogP contribution in [0.15, 0.2) is 0 Å². The van der Waals surface area contributed by atoms with Gasteiger partial charge in [-0.1, -0.05) is 0 Å². The van der Waals surface area contributed by atoms with E-state index < -0.39 is 0 Å². The molecule has 5 heteroatoms. The van der Waals surface area contributed by atoms with Crippen LogP contribution in [0.25, 0.3) is 0 Å². The molecule has 0 aromatic carbocycles. The van der Waals surface area contributed by atoms with Gasteiger partial charge in [0, 0.05) is 39.0 Å². The summed E-state index contributed by atoms with van der Waals surface area (Å²) in [6.45, 7) is 5.23. The first-order valence-electron chi connectivity index (χ1n) is 6.66. The van der Waals surface area contributed by atoms with E-state index in [1.54, 1.807) is 7.11 Å². The van der Waals surface area contributed by atoms with Crippen LogP contribution in [0.4, 0.5) is 0 Å². The third kappa shape index (κ3) is 6.38. The zero-order valence-corrected chi connectivity index (χ0v) is 12.3. The van der Waals surface area contributed by atoms with Crippen LogP contribution in [-0.4, -0.2) is 59.1 Å². The van der Waals surface area contributed by atoms with Gasteiger partial charge in [0.2, 0.25) is 0 Å². The molecule has 0 saturated carbocycles. The van der Waals surface area contributed by atoms with E-state index in [0.29, 0.717) is 13.2 Å². The highest BCUT2D eigenvalue weighted by atomic mass is 32.1. The van der Waals surface area contributed by atoms with E-state index in [0.717, 1.165) is 58.0 Å². The molecular weight excluding hydrogens is 252 g/mol. The molecule has 1 saturated heterocycles. The minimum absolute atomic E-state index is 0.206. The van der Waals surface area contributed by atoms with Gasteiger partial charge in [-0.3, -0.25) is 0 Å². The largest absolute Gasteiger partial charge is 0.385 e. The fourth-order valence-corrected chi connectivity index (χ4v) is 2.37. The third-order valence-electron chi connectivity index (χ3n) is 3.31. The molecule has 0 atom stereocenters. The maximum Gasteiger partial charge on any atom is 0.0700 e. The zero-order chi connectivity index (χ0) is 13.1. The van der Waals surface area contributed by atoms with Crippen LogP contribution in [0.2, 0.25) is 0 Å². The highest BCUT2D eigenvalue weighted by Gasteiger charge is 2.31. The third-order valence-corrected chi connectivity index (χ3v) is 3.98. The quantitative estimate of drug-likeness (QED) is 0.488. The molecule has 108 valence electrons. The smallest absolute Gasteiger partial charge is 0.0700 e. The highest BCUT2D eigenvalue weighted by molar-refractivity contribution is 7.80. The number of ether oxygens (including phenoxy) is 4. The molecule has 18 heavy (non-hydrogen) atoms. The molecule has 0 N–H and O–H groups in total. The summed E-state index contributed by atoms with van der Waals surface area (Å²) in [4.78, 5) is 0. The molecule has 0 radical (unpaired) electrons. The summed E-state index contributed by atoms with van der Waals surface area (Å²) >= 11 is 4.45. The molecule has 0 spiro atoms. The summed E-state index contributed by atoms with van der Waals surface area (Å²) in [6.07, 6.45) is 3.03. The van der Waals surface area contributed by atoms with Crippen LogP contribution >= 0.6 is 12.6 Å². The second-order valence-corrected chi connectivity index (χ2v) is 5.10. The molecule has 4 nitrogen and oxygen atoms in total. The van der Waals surface area contributed by atoms with E-state index in [2.05, 4.69) is 12.6 Å². The van der Waals surface area contributed by atoms with Crippen LogP contribution in [0.1, 0.15) is 19.3 Å². The Kier molecular flexibility index (Phi) is 9.06. The van der Waals surface area contributed by atoms with Gasteiger partial charge in [-0.05, 0) is 25.0 Å². The normalized spacial score (nSPS) is 19.0. The minimum Gasteiger partial charge on any atom is -0.385 e. The molecule has 1 fully saturated rings. The van der Waals surface area contributed by atoms with Crippen molar-refractivity contribution in [2.75, 3.05) is 59.1 Å². The lowest BCUT2D eigenvalue weighted by molar-refractivity contribution is -0.0400. The summed E-state index contributed by atoms with van der Waals surface area (Å²) < 4.78 is 21.5. The summed E-state index contributed by atoms with van der Waals surface area (Å²) in [6, 6.07) is 0. The average Bonchev–Trinajstić information content (AvgIpc) is 2.43. The fourth-order valence-electron chi connectivity index (χ4n) is 1.97. The summed E-state index contributed by atoms with van der Waals surface area (Å²) in [5.41, 5.74) is 0.206. The second-order valence-electron chi connectivity index (χ2n) is 4.78. The molecule has 0 aromatic heterocycles. The van der Waals surface area contributed by atoms with E-state index in [1.165, 1.54) is 0 Å². The van der Waals surface area contributed by atoms with Crippen molar-refractivity contribution in [1.29, 1.82) is 0 Å². The van der Waals surface area contributed by atoms with E-state index in [9.17, 15) is 0 Å². The second kappa shape index (κ2) is 10.0. The molecule has 0 unspecified atom stereocenters. The first-order valence-corrected chi connectivity index (χ1v) is 7.29. The van der Waals surface area contributed by atoms with Crippen molar-refractivity contribution in [3.8, 4) is 0 Å². The molecule has 1 rings (SSSR count). The molecular formula is C13H26O4S. The van der Waals surface area contributed by atoms with Crippen molar-refractivity contribution in [3.05, 3.63) is 0 Å². The molecule has 1 aliphatic rings. The standard InChI is InChI=1S/C13H26O4S/c1-14-5-2-6-15-9-10-17-11-13(12-18)3-7-16-8-4-13/h18H,2-12H2,1H3. The topological polar surface area (TPSA) is 36.9 Å². The predicted octanol–water partition coefficient (Wildman–Crippen LogP) is 1.78. The Labute approximate surface area is 116 Å². The van der Waals surface area contributed by atoms with Crippen molar-refractivity contribution in [2.24, 2.45) is 5.41 Å². The average molecular weight is 278 g/mol. The molecule has 1 aliphatic heterocycles. The molecule has 0 aliphatic carbocycles. The summed E-state index contributed by atoms with van der Waals surface area (Å²) in [5.74, 6) is 0.866. The van der Waals surface area contributed by atoms with Crippen LogP contribution in [0.5, 0.6) is 0 Å². The first-order chi connectivity index (χ1) is 8.83. The van der Waals surface area contributed by atoms with Gasteiger partial charge >= 0.3 is 0 Å². The van der Waals surface area contributed by atoms with E-state index >= 15 is 0 Å². The Bertz CT molecular complexity index is 195. The summed E-state index contributed by atoms with van der Waals surface area (Å²) in [5, 5.41) is 0. The predicted molar refractivity (Wildman–Crippen MR) is 74.5 cm³/mol. The number of methoxy groups -OCH3 is 1. The lowest BCUT2D eigenvalue weighted by atomic mass is 9.83. The summed E-state index contributed by atoms with van der Waals surface area (Å²) in [7, 11) is 1.70. The lowest BCUT2D eigenvalue weighted by Gasteiger charge is -2.35. The van der Waals surface area contributed by atoms with Crippen molar-refractivity contribution in [2.45, 2.75) is 19.3 Å². The monoisotopic (exact) mass is 278 g/mol. The Morgan fingerprint density at radius 3 is 2.44 bits per heavy atom. The first kappa shape index (κ1) is 16.2. The highest BCUT2D eigenvalue weighted by Crippen LogP contribution is 2.31. The van der Waals surface area contributed by atoms with Gasteiger partial charge < -0.3 is 18.9 Å². The van der Waals surface area contributed by atoms with Crippen LogP contribution < -0.4 is 0 Å². The Morgan fingerprint density at radius 1 is 1.06 bits per heavy atom. The van der Waals surface area contributed by atoms with Gasteiger partial charge in [-0.15, -0.1) is 0 Å². The van der Waals surface area contributed by atoms with Gasteiger partial charge in [0.05, 0.1) is 19.8 Å². The van der Waals surface area contributed by atoms with Crippen LogP contribution in [-0.2, 0) is 18.9 Å². The number of hydrogen-bond acceptors (Lipinski definition) is 5. The fraction of sp³-hybridized carbons (Fsp3) is 1.00. The maximum absolute atomic E-state index is 5.71. The Hall–Kier alpha value is 0.190. The van der Waals surface area contributed by atoms with Crippen molar-refractivity contribution in [1.82, 2.24) is 0 Å². The van der Waals surface area contributed by atoms with Crippen molar-refractivity contribution >= 4 is 12.6 Å². The van der Waals surface area contributed by atoms with Gasteiger partial charge in [0.1, 0.15) is 0 Å². The van der Waals surface area contributed by atoms with Gasteiger partial charge in [0.15, 0.2) is 0 Å². The Morgan fingerprint density at radius 2 is 1.78 bits per heavy atom. The van der Waals surface area contributed by atoms with E-state index in [1.807, 2.05) is 0 Å². The zero-order valence-electron chi connectivity index (χ0n) is 11.4. The molecule has 0 amide bonds. The van der Waals surface area contributed by atoms with Gasteiger partial charge in [-0.2, -0.15) is 12.6 Å². The number of thiol groups is 1. The number of hydrogen-bond donors (Lipinski definition) is 1. The van der Waals surface area contributed by atoms with E-state index in [4.69, 9.17) is 18.9 Å². The minimum atomic E-state index is 0.206. The number of rotatable bonds is 10.